The smallest absolute Gasteiger partial charge is 0.316 e. The van der Waals surface area contributed by atoms with Gasteiger partial charge in [0.15, 0.2) is 0 Å². The van der Waals surface area contributed by atoms with E-state index in [1.807, 2.05) is 6.07 Å². The Balaban J connectivity index is 2.39. The Morgan fingerprint density at radius 1 is 1.07 bits per heavy atom. The van der Waals surface area contributed by atoms with Gasteiger partial charge < -0.3 is 21.9 Å². The molecule has 0 spiro atoms. The van der Waals surface area contributed by atoms with Gasteiger partial charge in [-0.25, -0.2) is 0 Å². The predicted octanol–water partition coefficient (Wildman–Crippen LogP) is 2.17. The largest absolute Gasteiger partial charge is 0.465 e. The zero-order chi connectivity index (χ0) is 20.9. The second-order valence-corrected chi connectivity index (χ2v) is 6.89. The number of carbonyl (C=O) groups excluding carboxylic acids is 1. The number of hydrogen-bond donors (Lipinski definition) is 5. The van der Waals surface area contributed by atoms with Crippen LogP contribution in [-0.2, 0) is 14.9 Å². The predicted molar refractivity (Wildman–Crippen MR) is 110 cm³/mol. The molecule has 2 atom stereocenters. The van der Waals surface area contributed by atoms with E-state index in [4.69, 9.17) is 32.8 Å². The summed E-state index contributed by atoms with van der Waals surface area (Å²) >= 11 is 0. The minimum atomic E-state index is -0.989. The molecule has 0 bridgehead atoms. The van der Waals surface area contributed by atoms with Crippen molar-refractivity contribution in [3.8, 4) is 0 Å². The number of hydrogen-bond acceptors (Lipinski definition) is 5. The van der Waals surface area contributed by atoms with Gasteiger partial charge in [-0.2, -0.15) is 0 Å². The van der Waals surface area contributed by atoms with Crippen molar-refractivity contribution in [3.05, 3.63) is 70.8 Å². The van der Waals surface area contributed by atoms with E-state index in [2.05, 4.69) is 0 Å². The van der Waals surface area contributed by atoms with Gasteiger partial charge in [-0.1, -0.05) is 42.5 Å². The quantitative estimate of drug-likeness (QED) is 0.269. The summed E-state index contributed by atoms with van der Waals surface area (Å²) in [6.45, 7) is 3.81. The monoisotopic (exact) mass is 381 g/mol. The highest BCUT2D eigenvalue weighted by molar-refractivity contribution is 5.95. The summed E-state index contributed by atoms with van der Waals surface area (Å²) < 4.78 is 5.32. The molecule has 0 heterocycles. The molecule has 148 valence electrons. The third kappa shape index (κ3) is 4.55. The first-order chi connectivity index (χ1) is 13.2. The third-order valence-corrected chi connectivity index (χ3v) is 4.81. The Labute approximate surface area is 164 Å². The van der Waals surface area contributed by atoms with Crippen LogP contribution in [0.5, 0.6) is 0 Å². The lowest BCUT2D eigenvalue weighted by atomic mass is 9.75. The second kappa shape index (κ2) is 8.67. The fourth-order valence-corrected chi connectivity index (χ4v) is 3.12. The fourth-order valence-electron chi connectivity index (χ4n) is 3.12. The summed E-state index contributed by atoms with van der Waals surface area (Å²) in [6, 6.07) is 13.6. The van der Waals surface area contributed by atoms with Crippen LogP contribution in [-0.4, -0.2) is 24.2 Å². The van der Waals surface area contributed by atoms with Gasteiger partial charge in [0.25, 0.3) is 0 Å². The van der Waals surface area contributed by atoms with Crippen LogP contribution in [0.4, 0.5) is 0 Å². The van der Waals surface area contributed by atoms with Gasteiger partial charge in [-0.15, -0.1) is 0 Å². The lowest BCUT2D eigenvalue weighted by Crippen LogP contribution is -2.38. The van der Waals surface area contributed by atoms with Gasteiger partial charge >= 0.3 is 5.97 Å². The van der Waals surface area contributed by atoms with Gasteiger partial charge in [0.05, 0.1) is 12.0 Å². The van der Waals surface area contributed by atoms with Crippen molar-refractivity contribution in [1.29, 1.82) is 10.8 Å². The molecule has 0 aliphatic heterocycles. The third-order valence-electron chi connectivity index (χ3n) is 4.81. The summed E-state index contributed by atoms with van der Waals surface area (Å²) in [4.78, 5) is 12.8. The van der Waals surface area contributed by atoms with E-state index in [0.29, 0.717) is 17.5 Å². The first-order valence-corrected chi connectivity index (χ1v) is 9.01. The first-order valence-electron chi connectivity index (χ1n) is 9.01. The zero-order valence-electron chi connectivity index (χ0n) is 16.2. The van der Waals surface area contributed by atoms with E-state index >= 15 is 0 Å². The van der Waals surface area contributed by atoms with Crippen molar-refractivity contribution in [2.24, 2.45) is 17.2 Å². The summed E-state index contributed by atoms with van der Waals surface area (Å²) in [5.74, 6) is -0.451. The topological polar surface area (TPSA) is 152 Å². The van der Waals surface area contributed by atoms with Gasteiger partial charge in [0.2, 0.25) is 0 Å². The van der Waals surface area contributed by atoms with Gasteiger partial charge in [-0.05, 0) is 37.5 Å². The average Bonchev–Trinajstić information content (AvgIpc) is 2.68. The number of nitrogens with one attached hydrogen (secondary N) is 2. The molecule has 0 saturated carbocycles. The minimum absolute atomic E-state index is 0.0397. The minimum Gasteiger partial charge on any atom is -0.465 e. The second-order valence-electron chi connectivity index (χ2n) is 6.89. The van der Waals surface area contributed by atoms with Crippen molar-refractivity contribution < 1.29 is 9.53 Å². The number of ether oxygens (including phenoxy) is 1. The van der Waals surface area contributed by atoms with Crippen molar-refractivity contribution in [2.45, 2.75) is 31.7 Å². The maximum atomic E-state index is 12.8. The molecule has 0 aliphatic rings. The Bertz CT molecular complexity index is 879. The Morgan fingerprint density at radius 3 is 2.21 bits per heavy atom. The van der Waals surface area contributed by atoms with Crippen LogP contribution >= 0.6 is 0 Å². The number of benzene rings is 2. The van der Waals surface area contributed by atoms with E-state index in [1.165, 1.54) is 0 Å². The standard InChI is InChI=1S/C21H27N5O2/c1-3-28-20(27)21(2,16-9-7-13(8-10-16)18(23)24)12-17(22)14-5-4-6-15(11-14)19(25)26/h4-11,17H,3,12,22H2,1-2H3,(H3,23,24)(H3,25,26). The number of carbonyl (C=O) groups is 1. The van der Waals surface area contributed by atoms with E-state index < -0.39 is 11.5 Å². The lowest BCUT2D eigenvalue weighted by molar-refractivity contribution is -0.150. The summed E-state index contributed by atoms with van der Waals surface area (Å²) in [5.41, 5.74) is 19.2. The number of rotatable bonds is 8. The first kappa shape index (κ1) is 21.1. The molecule has 2 unspecified atom stereocenters. The lowest BCUT2D eigenvalue weighted by Gasteiger charge is -2.31. The highest BCUT2D eigenvalue weighted by atomic mass is 16.5. The van der Waals surface area contributed by atoms with Gasteiger partial charge in [-0.3, -0.25) is 15.6 Å². The Hall–Kier alpha value is -3.19. The van der Waals surface area contributed by atoms with Crippen LogP contribution in [0, 0.1) is 10.8 Å². The maximum absolute atomic E-state index is 12.8. The molecule has 0 saturated heterocycles. The molecular weight excluding hydrogens is 354 g/mol. The van der Waals surface area contributed by atoms with Crippen molar-refractivity contribution in [1.82, 2.24) is 0 Å². The van der Waals surface area contributed by atoms with Gasteiger partial charge in [0.1, 0.15) is 11.7 Å². The molecule has 0 aromatic heterocycles. The number of amidine groups is 2. The maximum Gasteiger partial charge on any atom is 0.316 e. The highest BCUT2D eigenvalue weighted by Crippen LogP contribution is 2.35. The normalized spacial score (nSPS) is 14.0. The van der Waals surface area contributed by atoms with Crippen LogP contribution in [0.2, 0.25) is 0 Å². The highest BCUT2D eigenvalue weighted by Gasteiger charge is 2.38. The molecule has 28 heavy (non-hydrogen) atoms. The number of esters is 1. The van der Waals surface area contributed by atoms with E-state index in [9.17, 15) is 4.79 Å². The van der Waals surface area contributed by atoms with Crippen molar-refractivity contribution in [3.63, 3.8) is 0 Å². The van der Waals surface area contributed by atoms with Gasteiger partial charge in [0, 0.05) is 17.2 Å². The molecule has 0 fully saturated rings. The summed E-state index contributed by atoms with van der Waals surface area (Å²) in [5, 5.41) is 15.1. The Kier molecular flexibility index (Phi) is 6.53. The van der Waals surface area contributed by atoms with Crippen LogP contribution in [0.1, 0.15) is 48.6 Å². The van der Waals surface area contributed by atoms with Crippen LogP contribution in [0.15, 0.2) is 48.5 Å². The van der Waals surface area contributed by atoms with Crippen molar-refractivity contribution in [2.75, 3.05) is 6.61 Å². The van der Waals surface area contributed by atoms with E-state index in [0.717, 1.165) is 11.1 Å². The fraction of sp³-hybridized carbons (Fsp3) is 0.286. The average molecular weight is 381 g/mol. The zero-order valence-corrected chi connectivity index (χ0v) is 16.2. The molecule has 8 N–H and O–H groups in total. The molecule has 7 heteroatoms. The Morgan fingerprint density at radius 2 is 1.68 bits per heavy atom. The summed E-state index contributed by atoms with van der Waals surface area (Å²) in [6.07, 6.45) is 0.298. The van der Waals surface area contributed by atoms with E-state index in [-0.39, 0.29) is 24.2 Å². The molecule has 0 radical (unpaired) electrons. The number of nitrogens with two attached hydrogens (primary N) is 3. The summed E-state index contributed by atoms with van der Waals surface area (Å²) in [7, 11) is 0. The molecule has 7 nitrogen and oxygen atoms in total. The van der Waals surface area contributed by atoms with Crippen LogP contribution in [0.3, 0.4) is 0 Å². The molecule has 0 amide bonds. The molecule has 2 aromatic carbocycles. The molecule has 2 rings (SSSR count). The van der Waals surface area contributed by atoms with Crippen LogP contribution in [0.25, 0.3) is 0 Å². The molecule has 0 aliphatic carbocycles. The molecular formula is C21H27N5O2. The van der Waals surface area contributed by atoms with Crippen molar-refractivity contribution >= 4 is 17.6 Å². The SMILES string of the molecule is CCOC(=O)C(C)(CC(N)c1cccc(C(=N)N)c1)c1ccc(C(=N)N)cc1. The molecule has 2 aromatic rings. The van der Waals surface area contributed by atoms with Crippen LogP contribution < -0.4 is 17.2 Å². The number of nitrogen functional groups attached to an aromatic ring is 2. The van der Waals surface area contributed by atoms with E-state index in [1.54, 1.807) is 56.3 Å².